The molecule has 2 fully saturated rings. The van der Waals surface area contributed by atoms with Gasteiger partial charge in [0, 0.05) is 50.1 Å². The van der Waals surface area contributed by atoms with Crippen LogP contribution in [0.4, 0.5) is 4.79 Å². The van der Waals surface area contributed by atoms with Gasteiger partial charge in [-0.05, 0) is 97.4 Å². The number of allylic oxidation sites excluding steroid dienone is 1. The van der Waals surface area contributed by atoms with Crippen LogP contribution in [0, 0.1) is 23.7 Å². The van der Waals surface area contributed by atoms with Gasteiger partial charge in [0.15, 0.2) is 11.5 Å². The minimum absolute atomic E-state index is 0.0134. The molecule has 61 heavy (non-hydrogen) atoms. The summed E-state index contributed by atoms with van der Waals surface area (Å²) < 4.78 is 31.8. The van der Waals surface area contributed by atoms with Crippen molar-refractivity contribution in [2.24, 2.45) is 28.8 Å². The first kappa shape index (κ1) is 42.3. The minimum Gasteiger partial charge on any atom is -0.459 e. The van der Waals surface area contributed by atoms with Crippen molar-refractivity contribution in [1.29, 1.82) is 0 Å². The van der Waals surface area contributed by atoms with Crippen molar-refractivity contribution in [3.63, 3.8) is 0 Å². The Labute approximate surface area is 357 Å². The van der Waals surface area contributed by atoms with Gasteiger partial charge in [-0.2, -0.15) is 0 Å². The number of ether oxygens (including phenoxy) is 5. The molecule has 2 aliphatic heterocycles. The number of fused-ring (bicyclic) bond motifs is 3. The fourth-order valence-electron chi connectivity index (χ4n) is 9.88. The molecule has 0 saturated heterocycles. The smallest absolute Gasteiger partial charge is 0.412 e. The zero-order valence-corrected chi connectivity index (χ0v) is 34.8. The Morgan fingerprint density at radius 1 is 0.951 bits per heavy atom. The molecule has 0 aromatic heterocycles. The van der Waals surface area contributed by atoms with Gasteiger partial charge in [-0.3, -0.25) is 4.79 Å². The topological polar surface area (TPSA) is 158 Å². The quantitative estimate of drug-likeness (QED) is 0.0632. The van der Waals surface area contributed by atoms with Gasteiger partial charge in [-0.15, -0.1) is 6.58 Å². The Morgan fingerprint density at radius 2 is 1.72 bits per heavy atom. The maximum atomic E-state index is 14.8. The molecule has 3 N–H and O–H groups in total. The second-order valence-corrected chi connectivity index (χ2v) is 16.6. The number of nitrogens with one attached hydrogen (secondary N) is 1. The van der Waals surface area contributed by atoms with E-state index in [2.05, 4.69) is 18.0 Å². The third kappa shape index (κ3) is 9.01. The summed E-state index contributed by atoms with van der Waals surface area (Å²) in [6, 6.07) is 20.2. The van der Waals surface area contributed by atoms with Crippen LogP contribution in [0.15, 0.2) is 96.2 Å². The Morgan fingerprint density at radius 3 is 2.48 bits per heavy atom. The number of aliphatic hydroxyl groups is 2. The molecule has 2 saturated carbocycles. The van der Waals surface area contributed by atoms with Gasteiger partial charge in [0.25, 0.3) is 0 Å². The van der Waals surface area contributed by atoms with Gasteiger partial charge in [0.2, 0.25) is 18.5 Å². The molecule has 3 aliphatic carbocycles. The lowest BCUT2D eigenvalue weighted by Gasteiger charge is -2.60. The van der Waals surface area contributed by atoms with E-state index < -0.39 is 23.8 Å². The number of benzene rings is 3. The molecule has 6 unspecified atom stereocenters. The first-order chi connectivity index (χ1) is 29.9. The van der Waals surface area contributed by atoms with E-state index in [4.69, 9.17) is 33.7 Å². The highest BCUT2D eigenvalue weighted by Crippen LogP contribution is 2.62. The predicted octanol–water partition coefficient (Wildman–Crippen LogP) is 7.41. The zero-order valence-electron chi connectivity index (χ0n) is 34.8. The van der Waals surface area contributed by atoms with Crippen LogP contribution in [-0.2, 0) is 27.5 Å². The van der Waals surface area contributed by atoms with Gasteiger partial charge < -0.3 is 49.0 Å². The van der Waals surface area contributed by atoms with Crippen molar-refractivity contribution in [3.05, 3.63) is 108 Å². The Balaban J connectivity index is 1.26. The van der Waals surface area contributed by atoms with Gasteiger partial charge >= 0.3 is 6.09 Å². The van der Waals surface area contributed by atoms with Gasteiger partial charge in [0.05, 0.1) is 18.2 Å². The standard InChI is InChI=1S/C48H57N3O10/c1-3-23-59-48-43(51(46(54)33-16-17-33)29-32-15-19-41-42(24-32)58-30-57-41)27-39(50-56-2)37-25-34(13-7-9-21-52)36(14-8-10-22-53)44(45(37)48)38-26-35(18-20-40(38)61-48)60-47(55)49-28-31-11-5-4-6-12-31/h3-6,11-12,15,18-20,24-26,33-34,36,43-45,52-53H,1,7-10,13-14,16-17,21-23,27-30H2,2H3,(H,49,55). The van der Waals surface area contributed by atoms with Crippen LogP contribution in [0.2, 0.25) is 0 Å². The Bertz CT molecular complexity index is 2100. The van der Waals surface area contributed by atoms with Crippen LogP contribution >= 0.6 is 0 Å². The number of hydrogen-bond donors (Lipinski definition) is 3. The predicted molar refractivity (Wildman–Crippen MR) is 227 cm³/mol. The lowest BCUT2D eigenvalue weighted by atomic mass is 9.55. The van der Waals surface area contributed by atoms with E-state index in [1.165, 1.54) is 7.11 Å². The molecule has 2 heterocycles. The number of rotatable bonds is 19. The molecular weight excluding hydrogens is 779 g/mol. The maximum absolute atomic E-state index is 14.8. The van der Waals surface area contributed by atoms with Crippen LogP contribution in [-0.4, -0.2) is 78.4 Å². The fraction of sp³-hybridized carbons (Fsp3) is 0.479. The van der Waals surface area contributed by atoms with Crippen LogP contribution in [0.5, 0.6) is 23.0 Å². The maximum Gasteiger partial charge on any atom is 0.412 e. The van der Waals surface area contributed by atoms with Gasteiger partial charge in [-0.25, -0.2) is 4.79 Å². The largest absolute Gasteiger partial charge is 0.459 e. The van der Waals surface area contributed by atoms with Crippen LogP contribution < -0.4 is 24.3 Å². The first-order valence-corrected chi connectivity index (χ1v) is 21.7. The average Bonchev–Trinajstić information content (AvgIpc) is 4.03. The van der Waals surface area contributed by atoms with E-state index in [-0.39, 0.29) is 62.7 Å². The first-order valence-electron chi connectivity index (χ1n) is 21.7. The van der Waals surface area contributed by atoms with E-state index >= 15 is 0 Å². The Hall–Kier alpha value is -5.37. The SMILES string of the molecule is C=CCOC12Oc3ccc(OC(=O)NCc4ccccc4)cc3C3C(CCCCO)C(CCCCO)C=C(C(=NOC)CC1N(Cc1ccc4c(c1)OCO4)C(=O)C1CC1)C32. The number of carbonyl (C=O) groups is 2. The number of oxime groups is 1. The summed E-state index contributed by atoms with van der Waals surface area (Å²) in [5.41, 5.74) is 4.32. The van der Waals surface area contributed by atoms with Crippen molar-refractivity contribution in [2.75, 3.05) is 33.7 Å². The number of aliphatic hydroxyl groups excluding tert-OH is 2. The van der Waals surface area contributed by atoms with E-state index in [0.717, 1.165) is 60.8 Å². The molecule has 0 spiro atoms. The molecule has 2 amide bonds. The number of hydrogen-bond acceptors (Lipinski definition) is 11. The molecule has 0 bridgehead atoms. The van der Waals surface area contributed by atoms with Crippen molar-refractivity contribution in [3.8, 4) is 23.0 Å². The lowest BCUT2D eigenvalue weighted by molar-refractivity contribution is -0.258. The highest BCUT2D eigenvalue weighted by atomic mass is 16.7. The molecule has 6 atom stereocenters. The normalized spacial score (nSPS) is 25.1. The van der Waals surface area contributed by atoms with Crippen LogP contribution in [0.25, 0.3) is 0 Å². The fourth-order valence-corrected chi connectivity index (χ4v) is 9.88. The van der Waals surface area contributed by atoms with E-state index in [0.29, 0.717) is 54.5 Å². The van der Waals surface area contributed by atoms with Crippen molar-refractivity contribution < 1.29 is 48.3 Å². The summed E-state index contributed by atoms with van der Waals surface area (Å²) in [6.07, 6.45) is 9.79. The lowest BCUT2D eigenvalue weighted by Crippen LogP contribution is -2.70. The molecular formula is C48H57N3O10. The molecule has 324 valence electrons. The van der Waals surface area contributed by atoms with Crippen molar-refractivity contribution in [2.45, 2.75) is 88.6 Å². The summed E-state index contributed by atoms with van der Waals surface area (Å²) in [4.78, 5) is 35.5. The highest BCUT2D eigenvalue weighted by molar-refractivity contribution is 6.03. The summed E-state index contributed by atoms with van der Waals surface area (Å²) in [7, 11) is 1.54. The third-order valence-corrected chi connectivity index (χ3v) is 12.7. The molecule has 3 aromatic carbocycles. The summed E-state index contributed by atoms with van der Waals surface area (Å²) in [5.74, 6) is 0.0105. The molecule has 13 nitrogen and oxygen atoms in total. The third-order valence-electron chi connectivity index (χ3n) is 12.7. The summed E-state index contributed by atoms with van der Waals surface area (Å²) >= 11 is 0. The van der Waals surface area contributed by atoms with Crippen molar-refractivity contribution >= 4 is 17.7 Å². The second kappa shape index (κ2) is 19.1. The van der Waals surface area contributed by atoms with Gasteiger partial charge in [0.1, 0.15) is 24.7 Å². The molecule has 0 radical (unpaired) electrons. The number of unbranched alkanes of at least 4 members (excludes halogenated alkanes) is 2. The zero-order chi connectivity index (χ0) is 42.3. The molecule has 8 rings (SSSR count). The van der Waals surface area contributed by atoms with Crippen molar-refractivity contribution in [1.82, 2.24) is 10.2 Å². The van der Waals surface area contributed by atoms with E-state index in [1.807, 2.05) is 65.6 Å². The summed E-state index contributed by atoms with van der Waals surface area (Å²) in [6.45, 7) is 5.06. The molecule has 13 heteroatoms. The van der Waals surface area contributed by atoms with E-state index in [9.17, 15) is 19.8 Å². The average molecular weight is 836 g/mol. The van der Waals surface area contributed by atoms with Crippen LogP contribution in [0.3, 0.4) is 0 Å². The Kier molecular flexibility index (Phi) is 13.3. The number of carbonyl (C=O) groups excluding carboxylic acids is 2. The monoisotopic (exact) mass is 835 g/mol. The van der Waals surface area contributed by atoms with Gasteiger partial charge in [-0.1, -0.05) is 66.5 Å². The number of nitrogens with zero attached hydrogens (tertiary/aromatic N) is 2. The second-order valence-electron chi connectivity index (χ2n) is 16.6. The summed E-state index contributed by atoms with van der Waals surface area (Å²) in [5, 5.41) is 27.4. The minimum atomic E-state index is -1.41. The molecule has 3 aromatic rings. The number of amides is 2. The van der Waals surface area contributed by atoms with E-state index in [1.54, 1.807) is 12.1 Å². The van der Waals surface area contributed by atoms with Crippen LogP contribution in [0.1, 0.15) is 80.4 Å². The highest BCUT2D eigenvalue weighted by Gasteiger charge is 2.66. The molecule has 5 aliphatic rings.